The second kappa shape index (κ2) is 5.26. The minimum atomic E-state index is -3.74. The normalized spacial score (nSPS) is 12.2. The second-order valence-electron chi connectivity index (χ2n) is 4.96. The highest BCUT2D eigenvalue weighted by atomic mass is 32.2. The van der Waals surface area contributed by atoms with Crippen LogP contribution in [-0.2, 0) is 10.0 Å². The van der Waals surface area contributed by atoms with Crippen molar-refractivity contribution in [2.45, 2.75) is 18.7 Å². The van der Waals surface area contributed by atoms with Crippen LogP contribution in [-0.4, -0.2) is 31.0 Å². The van der Waals surface area contributed by atoms with E-state index in [0.717, 1.165) is 0 Å². The molecule has 2 rings (SSSR count). The van der Waals surface area contributed by atoms with Crippen LogP contribution in [0.4, 0.5) is 0 Å². The van der Waals surface area contributed by atoms with Gasteiger partial charge in [-0.3, -0.25) is 0 Å². The summed E-state index contributed by atoms with van der Waals surface area (Å²) in [5.74, 6) is -1.00. The van der Waals surface area contributed by atoms with Gasteiger partial charge in [0, 0.05) is 23.6 Å². The number of aromatic amines is 1. The molecule has 0 radical (unpaired) electrons. The number of nitrogens with one attached hydrogen (secondary N) is 2. The number of carbonyl (C=O) groups is 1. The fourth-order valence-corrected chi connectivity index (χ4v) is 3.29. The van der Waals surface area contributed by atoms with Crippen LogP contribution < -0.4 is 4.72 Å². The molecule has 0 saturated heterocycles. The Bertz CT molecular complexity index is 747. The molecule has 0 aliphatic heterocycles. The highest BCUT2D eigenvalue weighted by Crippen LogP contribution is 2.24. The summed E-state index contributed by atoms with van der Waals surface area (Å²) in [5, 5.41) is 9.54. The third-order valence-electron chi connectivity index (χ3n) is 2.85. The minimum absolute atomic E-state index is 0.0192. The zero-order chi connectivity index (χ0) is 14.9. The van der Waals surface area contributed by atoms with Gasteiger partial charge in [0.25, 0.3) is 0 Å². The van der Waals surface area contributed by atoms with Gasteiger partial charge in [0.2, 0.25) is 10.0 Å². The smallest absolute Gasteiger partial charge is 0.335 e. The van der Waals surface area contributed by atoms with Crippen molar-refractivity contribution in [3.8, 4) is 0 Å². The molecule has 0 aliphatic carbocycles. The average Bonchev–Trinajstić information content (AvgIpc) is 2.83. The molecule has 7 heteroatoms. The summed E-state index contributed by atoms with van der Waals surface area (Å²) in [4.78, 5) is 13.9. The fraction of sp³-hybridized carbons (Fsp3) is 0.308. The molecular formula is C13H16N2O4S. The SMILES string of the molecule is CC(C)CNS(=O)(=O)c1cc(C(=O)O)cc2[nH]ccc12. The number of carboxylic acids is 1. The molecule has 0 bridgehead atoms. The van der Waals surface area contributed by atoms with Gasteiger partial charge in [0.1, 0.15) is 0 Å². The van der Waals surface area contributed by atoms with Crippen LogP contribution >= 0.6 is 0 Å². The monoisotopic (exact) mass is 296 g/mol. The molecule has 1 aromatic heterocycles. The van der Waals surface area contributed by atoms with Crippen LogP contribution in [0, 0.1) is 5.92 Å². The maximum absolute atomic E-state index is 12.3. The molecule has 0 spiro atoms. The second-order valence-corrected chi connectivity index (χ2v) is 6.70. The number of hydrogen-bond acceptors (Lipinski definition) is 3. The third kappa shape index (κ3) is 2.83. The van der Waals surface area contributed by atoms with Gasteiger partial charge in [-0.15, -0.1) is 0 Å². The van der Waals surface area contributed by atoms with Gasteiger partial charge in [-0.25, -0.2) is 17.9 Å². The molecule has 1 aromatic carbocycles. The lowest BCUT2D eigenvalue weighted by Crippen LogP contribution is -2.27. The summed E-state index contributed by atoms with van der Waals surface area (Å²) < 4.78 is 27.1. The van der Waals surface area contributed by atoms with E-state index in [0.29, 0.717) is 17.4 Å². The van der Waals surface area contributed by atoms with Gasteiger partial charge >= 0.3 is 5.97 Å². The van der Waals surface area contributed by atoms with E-state index in [4.69, 9.17) is 5.11 Å². The first-order chi connectivity index (χ1) is 9.31. The lowest BCUT2D eigenvalue weighted by atomic mass is 10.1. The van der Waals surface area contributed by atoms with Gasteiger partial charge in [-0.05, 0) is 24.1 Å². The van der Waals surface area contributed by atoms with Crippen LogP contribution in [0.1, 0.15) is 24.2 Å². The summed E-state index contributed by atoms with van der Waals surface area (Å²) in [5.41, 5.74) is 0.416. The molecule has 0 saturated carbocycles. The highest BCUT2D eigenvalue weighted by molar-refractivity contribution is 7.89. The number of fused-ring (bicyclic) bond motifs is 1. The Morgan fingerprint density at radius 2 is 2.10 bits per heavy atom. The number of aromatic nitrogens is 1. The molecule has 3 N–H and O–H groups in total. The standard InChI is InChI=1S/C13H16N2O4S/c1-8(2)7-15-20(18,19)12-6-9(13(16)17)5-11-10(12)3-4-14-11/h3-6,8,14-15H,7H2,1-2H3,(H,16,17). The van der Waals surface area contributed by atoms with Gasteiger partial charge in [-0.2, -0.15) is 0 Å². The van der Waals surface area contributed by atoms with Crippen molar-refractivity contribution in [1.29, 1.82) is 0 Å². The molecule has 0 aliphatic rings. The van der Waals surface area contributed by atoms with Crippen LogP contribution in [0.15, 0.2) is 29.3 Å². The maximum Gasteiger partial charge on any atom is 0.335 e. The molecule has 0 atom stereocenters. The van der Waals surface area contributed by atoms with E-state index in [1.165, 1.54) is 12.1 Å². The van der Waals surface area contributed by atoms with Crippen molar-refractivity contribution in [2.75, 3.05) is 6.54 Å². The zero-order valence-corrected chi connectivity index (χ0v) is 12.0. The van der Waals surface area contributed by atoms with Crippen molar-refractivity contribution >= 4 is 26.9 Å². The van der Waals surface area contributed by atoms with E-state index in [1.807, 2.05) is 13.8 Å². The first kappa shape index (κ1) is 14.5. The molecule has 6 nitrogen and oxygen atoms in total. The highest BCUT2D eigenvalue weighted by Gasteiger charge is 2.20. The van der Waals surface area contributed by atoms with E-state index in [1.54, 1.807) is 12.3 Å². The Hall–Kier alpha value is -1.86. The summed E-state index contributed by atoms with van der Waals surface area (Å²) >= 11 is 0. The fourth-order valence-electron chi connectivity index (χ4n) is 1.83. The number of aromatic carboxylic acids is 1. The van der Waals surface area contributed by atoms with Crippen molar-refractivity contribution in [1.82, 2.24) is 9.71 Å². The van der Waals surface area contributed by atoms with Crippen molar-refractivity contribution < 1.29 is 18.3 Å². The Labute approximate surface area is 116 Å². The predicted molar refractivity (Wildman–Crippen MR) is 75.3 cm³/mol. The van der Waals surface area contributed by atoms with Crippen molar-refractivity contribution in [3.05, 3.63) is 30.0 Å². The van der Waals surface area contributed by atoms with E-state index in [-0.39, 0.29) is 16.4 Å². The molecule has 0 unspecified atom stereocenters. The molecule has 2 aromatic rings. The first-order valence-corrected chi connectivity index (χ1v) is 7.63. The number of hydrogen-bond donors (Lipinski definition) is 3. The molecule has 0 fully saturated rings. The largest absolute Gasteiger partial charge is 0.478 e. The summed E-state index contributed by atoms with van der Waals surface area (Å²) in [7, 11) is -3.74. The van der Waals surface area contributed by atoms with Crippen LogP contribution in [0.3, 0.4) is 0 Å². The quantitative estimate of drug-likeness (QED) is 0.783. The van der Waals surface area contributed by atoms with Crippen LogP contribution in [0.2, 0.25) is 0 Å². The van der Waals surface area contributed by atoms with Crippen LogP contribution in [0.5, 0.6) is 0 Å². The van der Waals surface area contributed by atoms with E-state index < -0.39 is 16.0 Å². The lowest BCUT2D eigenvalue weighted by Gasteiger charge is -2.10. The number of H-pyrrole nitrogens is 1. The number of rotatable bonds is 5. The van der Waals surface area contributed by atoms with E-state index in [9.17, 15) is 13.2 Å². The minimum Gasteiger partial charge on any atom is -0.478 e. The summed E-state index contributed by atoms with van der Waals surface area (Å²) in [6.07, 6.45) is 1.58. The lowest BCUT2D eigenvalue weighted by molar-refractivity contribution is 0.0697. The van der Waals surface area contributed by atoms with Gasteiger partial charge in [0.05, 0.1) is 10.5 Å². The van der Waals surface area contributed by atoms with Gasteiger partial charge < -0.3 is 10.1 Å². The Morgan fingerprint density at radius 1 is 1.40 bits per heavy atom. The summed E-state index contributed by atoms with van der Waals surface area (Å²) in [6.45, 7) is 4.08. The molecule has 108 valence electrons. The maximum atomic E-state index is 12.3. The van der Waals surface area contributed by atoms with Crippen molar-refractivity contribution in [2.24, 2.45) is 5.92 Å². The van der Waals surface area contributed by atoms with Crippen LogP contribution in [0.25, 0.3) is 10.9 Å². The summed E-state index contributed by atoms with van der Waals surface area (Å²) in [6, 6.07) is 4.21. The number of benzene rings is 1. The molecule has 20 heavy (non-hydrogen) atoms. The Balaban J connectivity index is 2.57. The van der Waals surface area contributed by atoms with Crippen molar-refractivity contribution in [3.63, 3.8) is 0 Å². The number of carboxylic acid groups (broad SMARTS) is 1. The zero-order valence-electron chi connectivity index (χ0n) is 11.2. The molecule has 1 heterocycles. The Kier molecular flexibility index (Phi) is 3.82. The Morgan fingerprint density at radius 3 is 2.70 bits per heavy atom. The van der Waals surface area contributed by atoms with Gasteiger partial charge in [0.15, 0.2) is 0 Å². The number of sulfonamides is 1. The predicted octanol–water partition coefficient (Wildman–Crippen LogP) is 1.80. The average molecular weight is 296 g/mol. The first-order valence-electron chi connectivity index (χ1n) is 6.15. The van der Waals surface area contributed by atoms with Gasteiger partial charge in [-0.1, -0.05) is 13.8 Å². The van der Waals surface area contributed by atoms with E-state index >= 15 is 0 Å². The third-order valence-corrected chi connectivity index (χ3v) is 4.31. The topological polar surface area (TPSA) is 99.3 Å². The molecule has 0 amide bonds. The molecular weight excluding hydrogens is 280 g/mol. The van der Waals surface area contributed by atoms with E-state index in [2.05, 4.69) is 9.71 Å².